The predicted molar refractivity (Wildman–Crippen MR) is 120 cm³/mol. The van der Waals surface area contributed by atoms with Gasteiger partial charge in [0, 0.05) is 19.2 Å². The Balaban J connectivity index is 2.11. The molecule has 0 aliphatic rings. The first-order valence-electron chi connectivity index (χ1n) is 11.2. The van der Waals surface area contributed by atoms with Crippen molar-refractivity contribution in [2.45, 2.75) is 72.1 Å². The molecule has 1 N–H and O–H groups in total. The number of H-pyrrole nitrogens is 1. The maximum absolute atomic E-state index is 12.8. The van der Waals surface area contributed by atoms with E-state index in [2.05, 4.69) is 11.9 Å². The van der Waals surface area contributed by atoms with Crippen LogP contribution in [0.3, 0.4) is 0 Å². The van der Waals surface area contributed by atoms with Crippen molar-refractivity contribution in [2.24, 2.45) is 0 Å². The normalized spacial score (nSPS) is 10.8. The highest BCUT2D eigenvalue weighted by Gasteiger charge is 2.17. The van der Waals surface area contributed by atoms with E-state index in [1.54, 1.807) is 6.92 Å². The number of esters is 2. The van der Waals surface area contributed by atoms with Gasteiger partial charge < -0.3 is 19.2 Å². The number of carbonyl (C=O) groups is 2. The second-order valence-corrected chi connectivity index (χ2v) is 7.51. The van der Waals surface area contributed by atoms with Crippen LogP contribution in [0.15, 0.2) is 23.1 Å². The summed E-state index contributed by atoms with van der Waals surface area (Å²) in [5.74, 6) is -0.630. The molecule has 1 aromatic heterocycles. The van der Waals surface area contributed by atoms with Gasteiger partial charge in [-0.1, -0.05) is 51.9 Å². The number of aromatic amines is 1. The van der Waals surface area contributed by atoms with Gasteiger partial charge >= 0.3 is 11.9 Å². The van der Waals surface area contributed by atoms with E-state index < -0.39 is 17.4 Å². The molecule has 1 heterocycles. The molecule has 0 atom stereocenters. The molecule has 2 aromatic rings. The Bertz CT molecular complexity index is 934. The number of carbonyl (C=O) groups excluding carboxylic acids is 2. The lowest BCUT2D eigenvalue weighted by Gasteiger charge is -2.13. The Morgan fingerprint density at radius 2 is 1.61 bits per heavy atom. The lowest BCUT2D eigenvalue weighted by Crippen LogP contribution is -2.18. The van der Waals surface area contributed by atoms with E-state index in [9.17, 15) is 14.4 Å². The molecule has 0 aliphatic carbocycles. The topological polar surface area (TPSA) is 94.7 Å². The van der Waals surface area contributed by atoms with Crippen molar-refractivity contribution in [1.29, 1.82) is 0 Å². The molecule has 0 unspecified atom stereocenters. The number of pyridine rings is 1. The van der Waals surface area contributed by atoms with Gasteiger partial charge in [0.2, 0.25) is 5.43 Å². The monoisotopic (exact) mass is 431 g/mol. The number of nitrogens with one attached hydrogen (secondary N) is 1. The summed E-state index contributed by atoms with van der Waals surface area (Å²) < 4.78 is 16.1. The Morgan fingerprint density at radius 1 is 0.935 bits per heavy atom. The first-order valence-corrected chi connectivity index (χ1v) is 11.2. The predicted octanol–water partition coefficient (Wildman–Crippen LogP) is 5.15. The third-order valence-corrected chi connectivity index (χ3v) is 4.95. The zero-order valence-electron chi connectivity index (χ0n) is 18.8. The molecule has 0 spiro atoms. The molecule has 0 bridgehead atoms. The first-order chi connectivity index (χ1) is 15.0. The molecule has 2 rings (SSSR count). The number of fused-ring (bicyclic) bond motifs is 1. The zero-order valence-corrected chi connectivity index (χ0v) is 18.8. The number of hydrogen-bond donors (Lipinski definition) is 1. The van der Waals surface area contributed by atoms with Crippen LogP contribution in [-0.4, -0.2) is 30.1 Å². The fourth-order valence-corrected chi connectivity index (χ4v) is 3.35. The fraction of sp³-hybridized carbons (Fsp3) is 0.542. The maximum atomic E-state index is 12.8. The van der Waals surface area contributed by atoms with Crippen LogP contribution < -0.4 is 14.9 Å². The van der Waals surface area contributed by atoms with E-state index in [1.807, 2.05) is 0 Å². The van der Waals surface area contributed by atoms with Crippen LogP contribution in [0.2, 0.25) is 0 Å². The van der Waals surface area contributed by atoms with Gasteiger partial charge in [0.05, 0.1) is 24.1 Å². The van der Waals surface area contributed by atoms with Crippen LogP contribution >= 0.6 is 0 Å². The molecule has 0 saturated heterocycles. The molecule has 170 valence electrons. The summed E-state index contributed by atoms with van der Waals surface area (Å²) in [5, 5.41) is 0.271. The van der Waals surface area contributed by atoms with Gasteiger partial charge in [-0.05, 0) is 19.4 Å². The largest absolute Gasteiger partial charge is 0.490 e. The second-order valence-electron chi connectivity index (χ2n) is 7.51. The van der Waals surface area contributed by atoms with Crippen molar-refractivity contribution in [1.82, 2.24) is 4.98 Å². The number of aromatic nitrogens is 1. The molecule has 31 heavy (non-hydrogen) atoms. The SMILES string of the molecule is CCCCCCCCCCOc1cc2c(=O)c(C(=O)OCC)c[nH]c2cc1OC(C)=O. The highest BCUT2D eigenvalue weighted by Crippen LogP contribution is 2.31. The number of hydrogen-bond acceptors (Lipinski definition) is 6. The van der Waals surface area contributed by atoms with Crippen molar-refractivity contribution in [3.05, 3.63) is 34.1 Å². The highest BCUT2D eigenvalue weighted by molar-refractivity contribution is 5.94. The lowest BCUT2D eigenvalue weighted by molar-refractivity contribution is -0.132. The van der Waals surface area contributed by atoms with Crippen molar-refractivity contribution in [2.75, 3.05) is 13.2 Å². The van der Waals surface area contributed by atoms with Crippen LogP contribution in [0.1, 0.15) is 82.5 Å². The van der Waals surface area contributed by atoms with E-state index in [0.29, 0.717) is 17.9 Å². The minimum absolute atomic E-state index is 0.0800. The molecule has 0 amide bonds. The summed E-state index contributed by atoms with van der Waals surface area (Å²) in [6, 6.07) is 3.05. The average molecular weight is 432 g/mol. The molecular weight excluding hydrogens is 398 g/mol. The fourth-order valence-electron chi connectivity index (χ4n) is 3.35. The lowest BCUT2D eigenvalue weighted by atomic mass is 10.1. The van der Waals surface area contributed by atoms with Gasteiger partial charge in [-0.2, -0.15) is 0 Å². The second kappa shape index (κ2) is 12.8. The quantitative estimate of drug-likeness (QED) is 0.268. The van der Waals surface area contributed by atoms with Crippen molar-refractivity contribution >= 4 is 22.8 Å². The molecular formula is C24H33NO6. The summed E-state index contributed by atoms with van der Waals surface area (Å²) in [4.78, 5) is 39.2. The van der Waals surface area contributed by atoms with Gasteiger partial charge in [-0.15, -0.1) is 0 Å². The van der Waals surface area contributed by atoms with Crippen LogP contribution in [0, 0.1) is 0 Å². The third-order valence-electron chi connectivity index (χ3n) is 4.95. The number of unbranched alkanes of at least 4 members (excludes halogenated alkanes) is 7. The van der Waals surface area contributed by atoms with Gasteiger partial charge in [0.15, 0.2) is 11.5 Å². The van der Waals surface area contributed by atoms with E-state index in [0.717, 1.165) is 19.3 Å². The van der Waals surface area contributed by atoms with Crippen molar-refractivity contribution in [3.8, 4) is 11.5 Å². The maximum Gasteiger partial charge on any atom is 0.343 e. The smallest absolute Gasteiger partial charge is 0.343 e. The summed E-state index contributed by atoms with van der Waals surface area (Å²) >= 11 is 0. The molecule has 0 saturated carbocycles. The van der Waals surface area contributed by atoms with E-state index in [1.165, 1.54) is 57.4 Å². The standard InChI is InChI=1S/C24H33NO6/c1-4-6-7-8-9-10-11-12-13-30-21-14-18-20(15-22(21)31-17(3)26)25-16-19(23(18)27)24(28)29-5-2/h14-16H,4-13H2,1-3H3,(H,25,27). The number of benzene rings is 1. The van der Waals surface area contributed by atoms with Crippen molar-refractivity contribution < 1.29 is 23.8 Å². The van der Waals surface area contributed by atoms with Crippen LogP contribution in [0.25, 0.3) is 10.9 Å². The first kappa shape index (κ1) is 24.4. The number of rotatable bonds is 13. The summed E-state index contributed by atoms with van der Waals surface area (Å²) in [7, 11) is 0. The van der Waals surface area contributed by atoms with Gasteiger partial charge in [-0.25, -0.2) is 4.79 Å². The van der Waals surface area contributed by atoms with Crippen LogP contribution in [0.5, 0.6) is 11.5 Å². The molecule has 0 aliphatic heterocycles. The van der Waals surface area contributed by atoms with Crippen LogP contribution in [0.4, 0.5) is 0 Å². The molecule has 0 radical (unpaired) electrons. The summed E-state index contributed by atoms with van der Waals surface area (Å²) in [6.07, 6.45) is 10.7. The molecule has 0 fully saturated rings. The molecule has 1 aromatic carbocycles. The van der Waals surface area contributed by atoms with Crippen LogP contribution in [-0.2, 0) is 9.53 Å². The Labute approximate surface area is 183 Å². The molecule has 7 heteroatoms. The van der Waals surface area contributed by atoms with Crippen molar-refractivity contribution in [3.63, 3.8) is 0 Å². The third kappa shape index (κ3) is 7.42. The van der Waals surface area contributed by atoms with E-state index >= 15 is 0 Å². The van der Waals surface area contributed by atoms with Gasteiger partial charge in [0.25, 0.3) is 0 Å². The minimum atomic E-state index is -0.684. The summed E-state index contributed by atoms with van der Waals surface area (Å²) in [6.45, 7) is 5.81. The molecule has 7 nitrogen and oxygen atoms in total. The Morgan fingerprint density at radius 3 is 2.26 bits per heavy atom. The summed E-state index contributed by atoms with van der Waals surface area (Å²) in [5.41, 5.74) is -0.101. The van der Waals surface area contributed by atoms with Gasteiger partial charge in [-0.3, -0.25) is 9.59 Å². The zero-order chi connectivity index (χ0) is 22.6. The minimum Gasteiger partial charge on any atom is -0.490 e. The van der Waals surface area contributed by atoms with E-state index in [4.69, 9.17) is 14.2 Å². The van der Waals surface area contributed by atoms with E-state index in [-0.39, 0.29) is 23.3 Å². The number of ether oxygens (including phenoxy) is 3. The highest BCUT2D eigenvalue weighted by atomic mass is 16.6. The van der Waals surface area contributed by atoms with Gasteiger partial charge in [0.1, 0.15) is 5.56 Å². The Kier molecular flexibility index (Phi) is 10.1. The Hall–Kier alpha value is -2.83. The average Bonchev–Trinajstić information content (AvgIpc) is 2.73.